The number of ketones is 1. The number of esters is 1. The van der Waals surface area contributed by atoms with Crippen LogP contribution in [0.15, 0.2) is 48.7 Å². The van der Waals surface area contributed by atoms with Gasteiger partial charge in [0, 0.05) is 23.6 Å². The third kappa shape index (κ3) is 3.36. The standard InChI is InChI=1S/C30H30FN3O3/c1-37-29(36)25-17-32-34(27(25)18-11-12-18)21-7-2-5-19(15-21)23-9-4-10-24(26(23)31)28(35)30-14-13-20-6-3-8-22(16-30)33(20)30/h2,4-5,7,9-10,15,17-18,20,22H,3,6,8,11-14,16H2,1H3. The van der Waals surface area contributed by atoms with Crippen molar-refractivity contribution in [2.45, 2.75) is 74.9 Å². The van der Waals surface area contributed by atoms with Gasteiger partial charge in [0.25, 0.3) is 0 Å². The molecule has 3 saturated heterocycles. The van der Waals surface area contributed by atoms with Crippen LogP contribution in [0.2, 0.25) is 0 Å². The number of rotatable bonds is 6. The predicted molar refractivity (Wildman–Crippen MR) is 136 cm³/mol. The molecule has 2 aromatic carbocycles. The van der Waals surface area contributed by atoms with Gasteiger partial charge in [-0.05, 0) is 68.7 Å². The van der Waals surface area contributed by atoms with Gasteiger partial charge >= 0.3 is 5.97 Å². The van der Waals surface area contributed by atoms with Crippen LogP contribution in [0, 0.1) is 5.82 Å². The lowest BCUT2D eigenvalue weighted by atomic mass is 9.71. The van der Waals surface area contributed by atoms with E-state index in [0.717, 1.165) is 56.3 Å². The summed E-state index contributed by atoms with van der Waals surface area (Å²) in [4.78, 5) is 28.6. The average molecular weight is 500 g/mol. The smallest absolute Gasteiger partial charge is 0.341 e. The van der Waals surface area contributed by atoms with Gasteiger partial charge in [-0.2, -0.15) is 5.10 Å². The monoisotopic (exact) mass is 499 g/mol. The molecule has 0 radical (unpaired) electrons. The Hall–Kier alpha value is -3.32. The van der Waals surface area contributed by atoms with Crippen molar-refractivity contribution in [1.29, 1.82) is 0 Å². The highest BCUT2D eigenvalue weighted by molar-refractivity contribution is 6.05. The second-order valence-electron chi connectivity index (χ2n) is 11.1. The maximum atomic E-state index is 16.1. The molecule has 4 heterocycles. The summed E-state index contributed by atoms with van der Waals surface area (Å²) in [7, 11) is 1.37. The lowest BCUT2D eigenvalue weighted by Gasteiger charge is -2.58. The molecule has 4 fully saturated rings. The molecule has 4 aliphatic rings. The van der Waals surface area contributed by atoms with Crippen molar-refractivity contribution in [1.82, 2.24) is 14.7 Å². The summed E-state index contributed by atoms with van der Waals surface area (Å²) in [6.45, 7) is 0. The van der Waals surface area contributed by atoms with E-state index in [1.54, 1.807) is 29.1 Å². The Bertz CT molecular complexity index is 1430. The number of aromatic nitrogens is 2. The summed E-state index contributed by atoms with van der Waals surface area (Å²) in [5, 5.41) is 4.49. The summed E-state index contributed by atoms with van der Waals surface area (Å²) >= 11 is 0. The normalized spacial score (nSPS) is 26.4. The Morgan fingerprint density at radius 3 is 2.65 bits per heavy atom. The van der Waals surface area contributed by atoms with E-state index in [0.29, 0.717) is 28.8 Å². The predicted octanol–water partition coefficient (Wildman–Crippen LogP) is 5.68. The number of methoxy groups -OCH3 is 1. The molecule has 3 unspecified atom stereocenters. The first kappa shape index (κ1) is 22.8. The second kappa shape index (κ2) is 8.35. The van der Waals surface area contributed by atoms with Crippen LogP contribution < -0.4 is 0 Å². The Morgan fingerprint density at radius 1 is 1.03 bits per heavy atom. The summed E-state index contributed by atoms with van der Waals surface area (Å²) in [6.07, 6.45) is 9.78. The van der Waals surface area contributed by atoms with Crippen LogP contribution in [-0.2, 0) is 4.74 Å². The fourth-order valence-corrected chi connectivity index (χ4v) is 7.26. The van der Waals surface area contributed by atoms with Crippen molar-refractivity contribution in [2.75, 3.05) is 7.11 Å². The minimum Gasteiger partial charge on any atom is -0.465 e. The van der Waals surface area contributed by atoms with Crippen molar-refractivity contribution >= 4 is 11.8 Å². The van der Waals surface area contributed by atoms with Gasteiger partial charge in [0.2, 0.25) is 0 Å². The number of Topliss-reactive ketones (excluding diaryl/α,β-unsaturated/α-hetero) is 1. The molecule has 7 rings (SSSR count). The summed E-state index contributed by atoms with van der Waals surface area (Å²) in [5.41, 5.74) is 2.81. The van der Waals surface area contributed by atoms with Gasteiger partial charge in [-0.1, -0.05) is 30.7 Å². The topological polar surface area (TPSA) is 64.4 Å². The van der Waals surface area contributed by atoms with Crippen LogP contribution in [0.5, 0.6) is 0 Å². The van der Waals surface area contributed by atoms with Crippen molar-refractivity contribution in [3.63, 3.8) is 0 Å². The first-order valence-electron chi connectivity index (χ1n) is 13.4. The molecule has 190 valence electrons. The van der Waals surface area contributed by atoms with E-state index in [1.165, 1.54) is 13.5 Å². The number of ether oxygens (including phenoxy) is 1. The first-order chi connectivity index (χ1) is 18.0. The zero-order chi connectivity index (χ0) is 25.3. The maximum absolute atomic E-state index is 16.1. The van der Waals surface area contributed by atoms with Crippen LogP contribution in [0.4, 0.5) is 4.39 Å². The molecule has 0 N–H and O–H groups in total. The third-order valence-electron chi connectivity index (χ3n) is 9.06. The Morgan fingerprint density at radius 2 is 1.84 bits per heavy atom. The number of nitrogens with zero attached hydrogens (tertiary/aromatic N) is 3. The zero-order valence-corrected chi connectivity index (χ0v) is 21.0. The molecule has 1 aromatic heterocycles. The number of benzene rings is 2. The highest BCUT2D eigenvalue weighted by Gasteiger charge is 2.63. The Labute approximate surface area is 215 Å². The van der Waals surface area contributed by atoms with Gasteiger partial charge in [0.15, 0.2) is 5.78 Å². The van der Waals surface area contributed by atoms with Gasteiger partial charge in [0.05, 0.1) is 35.8 Å². The molecule has 3 atom stereocenters. The third-order valence-corrected chi connectivity index (χ3v) is 9.06. The molecular weight excluding hydrogens is 469 g/mol. The number of carbonyl (C=O) groups excluding carboxylic acids is 2. The summed E-state index contributed by atoms with van der Waals surface area (Å²) in [6, 6.07) is 13.6. The molecule has 7 heteroatoms. The van der Waals surface area contributed by atoms with E-state index >= 15 is 4.39 Å². The van der Waals surface area contributed by atoms with Gasteiger partial charge in [-0.3, -0.25) is 9.69 Å². The van der Waals surface area contributed by atoms with E-state index in [4.69, 9.17) is 4.74 Å². The van der Waals surface area contributed by atoms with Gasteiger partial charge < -0.3 is 4.74 Å². The molecule has 0 spiro atoms. The highest BCUT2D eigenvalue weighted by Crippen LogP contribution is 2.55. The van der Waals surface area contributed by atoms with E-state index in [1.807, 2.05) is 24.3 Å². The molecule has 37 heavy (non-hydrogen) atoms. The van der Waals surface area contributed by atoms with Crippen molar-refractivity contribution in [3.8, 4) is 16.8 Å². The SMILES string of the molecule is COC(=O)c1cnn(-c2cccc(-c3cccc(C(=O)C45CCC6CCCC(C4)N65)c3F)c2)c1C1CC1. The summed E-state index contributed by atoms with van der Waals surface area (Å²) < 4.78 is 22.8. The van der Waals surface area contributed by atoms with E-state index in [2.05, 4.69) is 10.00 Å². The lowest BCUT2D eigenvalue weighted by Crippen LogP contribution is -2.69. The molecule has 1 aliphatic carbocycles. The van der Waals surface area contributed by atoms with Gasteiger partial charge in [-0.15, -0.1) is 0 Å². The largest absolute Gasteiger partial charge is 0.465 e. The van der Waals surface area contributed by atoms with Crippen molar-refractivity contribution in [3.05, 3.63) is 71.3 Å². The van der Waals surface area contributed by atoms with Crippen LogP contribution in [-0.4, -0.2) is 51.2 Å². The lowest BCUT2D eigenvalue weighted by molar-refractivity contribution is -0.0668. The molecule has 3 aromatic rings. The molecule has 0 bridgehead atoms. The number of halogens is 1. The van der Waals surface area contributed by atoms with E-state index in [9.17, 15) is 9.59 Å². The van der Waals surface area contributed by atoms with Gasteiger partial charge in [-0.25, -0.2) is 13.9 Å². The molecule has 6 nitrogen and oxygen atoms in total. The molecule has 0 amide bonds. The second-order valence-corrected chi connectivity index (χ2v) is 11.1. The fraction of sp³-hybridized carbons (Fsp3) is 0.433. The van der Waals surface area contributed by atoms with Crippen LogP contribution in [0.1, 0.15) is 83.7 Å². The number of hydrogen-bond acceptors (Lipinski definition) is 5. The Kier molecular flexibility index (Phi) is 5.15. The van der Waals surface area contributed by atoms with Crippen LogP contribution >= 0.6 is 0 Å². The molecule has 1 saturated carbocycles. The quantitative estimate of drug-likeness (QED) is 0.322. The highest BCUT2D eigenvalue weighted by atomic mass is 19.1. The van der Waals surface area contributed by atoms with E-state index < -0.39 is 17.3 Å². The minimum absolute atomic E-state index is 0.0607. The fourth-order valence-electron chi connectivity index (χ4n) is 7.26. The number of piperidine rings is 1. The molecular formula is C30H30FN3O3. The average Bonchev–Trinajstić information content (AvgIpc) is 3.55. The summed E-state index contributed by atoms with van der Waals surface area (Å²) in [5.74, 6) is -0.661. The zero-order valence-electron chi connectivity index (χ0n) is 21.0. The minimum atomic E-state index is -0.518. The van der Waals surface area contributed by atoms with Crippen LogP contribution in [0.3, 0.4) is 0 Å². The molecule has 3 aliphatic heterocycles. The maximum Gasteiger partial charge on any atom is 0.341 e. The van der Waals surface area contributed by atoms with Gasteiger partial charge in [0.1, 0.15) is 11.4 Å². The van der Waals surface area contributed by atoms with Crippen LogP contribution in [0.25, 0.3) is 16.8 Å². The van der Waals surface area contributed by atoms with E-state index in [-0.39, 0.29) is 17.3 Å². The number of hydrogen-bond donors (Lipinski definition) is 0. The van der Waals surface area contributed by atoms with Crippen molar-refractivity contribution < 1.29 is 18.7 Å². The van der Waals surface area contributed by atoms with Crippen molar-refractivity contribution in [2.24, 2.45) is 0 Å². The first-order valence-corrected chi connectivity index (χ1v) is 13.4. The Balaban J connectivity index is 1.24. The number of carbonyl (C=O) groups is 2.